The second-order valence-corrected chi connectivity index (χ2v) is 6.19. The maximum atomic E-state index is 9.82. The maximum Gasteiger partial charge on any atom is 0.172 e. The zero-order valence-electron chi connectivity index (χ0n) is 12.1. The molecule has 1 N–H and O–H groups in total. The first-order valence-corrected chi connectivity index (χ1v) is 7.66. The van der Waals surface area contributed by atoms with Crippen LogP contribution >= 0.6 is 28.3 Å². The predicted octanol–water partition coefficient (Wildman–Crippen LogP) is 4.35. The average molecular weight is 365 g/mol. The minimum absolute atomic E-state index is 0. The van der Waals surface area contributed by atoms with E-state index >= 15 is 0 Å². The molecule has 1 aromatic rings. The van der Waals surface area contributed by atoms with E-state index in [2.05, 4.69) is 27.9 Å². The van der Waals surface area contributed by atoms with Gasteiger partial charge < -0.3 is 9.84 Å². The van der Waals surface area contributed by atoms with Gasteiger partial charge in [-0.25, -0.2) is 0 Å². The molecule has 0 heterocycles. The summed E-state index contributed by atoms with van der Waals surface area (Å²) < 4.78 is 5.89. The largest absolute Gasteiger partial charge is 0.503 e. The van der Waals surface area contributed by atoms with E-state index in [9.17, 15) is 5.11 Å². The van der Waals surface area contributed by atoms with Crippen molar-refractivity contribution in [3.63, 3.8) is 0 Å². The number of nitrogens with zero attached hydrogens (tertiary/aromatic N) is 1. The smallest absolute Gasteiger partial charge is 0.172 e. The van der Waals surface area contributed by atoms with Gasteiger partial charge in [-0.1, -0.05) is 19.3 Å². The fourth-order valence-electron chi connectivity index (χ4n) is 2.81. The van der Waals surface area contributed by atoms with Crippen LogP contribution in [-0.4, -0.2) is 30.2 Å². The predicted molar refractivity (Wildman–Crippen MR) is 87.9 cm³/mol. The number of halogens is 2. The van der Waals surface area contributed by atoms with Crippen molar-refractivity contribution >= 4 is 28.3 Å². The monoisotopic (exact) mass is 363 g/mol. The van der Waals surface area contributed by atoms with Gasteiger partial charge in [0.1, 0.15) is 0 Å². The van der Waals surface area contributed by atoms with Gasteiger partial charge in [0.25, 0.3) is 0 Å². The van der Waals surface area contributed by atoms with Crippen LogP contribution in [0.1, 0.15) is 37.7 Å². The maximum absolute atomic E-state index is 9.82. The third-order valence-corrected chi connectivity index (χ3v) is 4.54. The molecule has 0 saturated heterocycles. The van der Waals surface area contributed by atoms with Crippen LogP contribution in [0.5, 0.6) is 11.5 Å². The van der Waals surface area contributed by atoms with Gasteiger partial charge >= 0.3 is 0 Å². The molecule has 2 rings (SSSR count). The van der Waals surface area contributed by atoms with Gasteiger partial charge in [-0.15, -0.1) is 12.4 Å². The molecule has 1 saturated carbocycles. The summed E-state index contributed by atoms with van der Waals surface area (Å²) in [6.07, 6.45) is 6.66. The van der Waals surface area contributed by atoms with E-state index in [0.29, 0.717) is 16.3 Å². The number of methoxy groups -OCH3 is 1. The Labute approximate surface area is 135 Å². The Kier molecular flexibility index (Phi) is 7.13. The van der Waals surface area contributed by atoms with Gasteiger partial charge in [-0.3, -0.25) is 4.90 Å². The van der Waals surface area contributed by atoms with E-state index in [4.69, 9.17) is 4.74 Å². The van der Waals surface area contributed by atoms with Crippen LogP contribution in [0.2, 0.25) is 0 Å². The molecule has 1 fully saturated rings. The number of phenols is 1. The molecule has 114 valence electrons. The molecule has 0 aliphatic heterocycles. The van der Waals surface area contributed by atoms with Crippen molar-refractivity contribution in [2.45, 2.75) is 44.7 Å². The molecule has 0 spiro atoms. The number of hydrogen-bond acceptors (Lipinski definition) is 3. The lowest BCUT2D eigenvalue weighted by Gasteiger charge is -2.31. The van der Waals surface area contributed by atoms with Crippen LogP contribution in [0.4, 0.5) is 0 Å². The van der Waals surface area contributed by atoms with Crippen molar-refractivity contribution in [3.05, 3.63) is 22.2 Å². The molecule has 0 unspecified atom stereocenters. The quantitative estimate of drug-likeness (QED) is 0.862. The van der Waals surface area contributed by atoms with Crippen molar-refractivity contribution in [3.8, 4) is 11.5 Å². The second-order valence-electron chi connectivity index (χ2n) is 5.34. The van der Waals surface area contributed by atoms with Gasteiger partial charge in [0, 0.05) is 12.6 Å². The molecular weight excluding hydrogens is 342 g/mol. The van der Waals surface area contributed by atoms with Gasteiger partial charge in [0.05, 0.1) is 11.6 Å². The number of ether oxygens (including phenoxy) is 1. The van der Waals surface area contributed by atoms with Crippen molar-refractivity contribution in [1.82, 2.24) is 4.90 Å². The summed E-state index contributed by atoms with van der Waals surface area (Å²) in [6, 6.07) is 4.57. The van der Waals surface area contributed by atoms with Crippen molar-refractivity contribution < 1.29 is 9.84 Å². The van der Waals surface area contributed by atoms with E-state index in [0.717, 1.165) is 12.1 Å². The topological polar surface area (TPSA) is 32.7 Å². The van der Waals surface area contributed by atoms with E-state index < -0.39 is 0 Å². The van der Waals surface area contributed by atoms with Crippen LogP contribution in [0.15, 0.2) is 16.6 Å². The highest BCUT2D eigenvalue weighted by Crippen LogP contribution is 2.35. The second kappa shape index (κ2) is 8.11. The van der Waals surface area contributed by atoms with Gasteiger partial charge in [-0.2, -0.15) is 0 Å². The summed E-state index contributed by atoms with van der Waals surface area (Å²) >= 11 is 3.38. The Balaban J connectivity index is 0.00000200. The first-order chi connectivity index (χ1) is 9.11. The molecule has 3 nitrogen and oxygen atoms in total. The Morgan fingerprint density at radius 2 is 1.95 bits per heavy atom. The number of hydrogen-bond donors (Lipinski definition) is 1. The standard InChI is InChI=1S/C15H22BrNO2.ClH/c1-17(12-6-4-3-5-7-12)10-11-8-13(16)15(18)14(9-11)19-2;/h8-9,12,18H,3-7,10H2,1-2H3;1H. The van der Waals surface area contributed by atoms with Crippen LogP contribution in [-0.2, 0) is 6.54 Å². The first-order valence-electron chi connectivity index (χ1n) is 6.87. The Hall–Kier alpha value is -0.450. The van der Waals surface area contributed by atoms with Crippen molar-refractivity contribution in [1.29, 1.82) is 0 Å². The fraction of sp³-hybridized carbons (Fsp3) is 0.600. The number of benzene rings is 1. The molecule has 0 bridgehead atoms. The normalized spacial score (nSPS) is 16.0. The number of aromatic hydroxyl groups is 1. The highest BCUT2D eigenvalue weighted by atomic mass is 79.9. The van der Waals surface area contributed by atoms with Crippen molar-refractivity contribution in [2.75, 3.05) is 14.2 Å². The molecule has 20 heavy (non-hydrogen) atoms. The zero-order chi connectivity index (χ0) is 13.8. The van der Waals surface area contributed by atoms with Crippen LogP contribution in [0.25, 0.3) is 0 Å². The lowest BCUT2D eigenvalue weighted by atomic mass is 9.94. The first kappa shape index (κ1) is 17.6. The van der Waals surface area contributed by atoms with E-state index in [-0.39, 0.29) is 18.2 Å². The Morgan fingerprint density at radius 1 is 1.30 bits per heavy atom. The molecule has 1 aliphatic rings. The lowest BCUT2D eigenvalue weighted by Crippen LogP contribution is -2.32. The molecule has 0 amide bonds. The van der Waals surface area contributed by atoms with E-state index in [1.54, 1.807) is 7.11 Å². The van der Waals surface area contributed by atoms with Gasteiger partial charge in [0.2, 0.25) is 0 Å². The lowest BCUT2D eigenvalue weighted by molar-refractivity contribution is 0.184. The third kappa shape index (κ3) is 4.27. The highest BCUT2D eigenvalue weighted by molar-refractivity contribution is 9.10. The summed E-state index contributed by atoms with van der Waals surface area (Å²) in [4.78, 5) is 2.41. The molecule has 0 radical (unpaired) electrons. The SMILES string of the molecule is COc1cc(CN(C)C2CCCCC2)cc(Br)c1O.Cl. The minimum Gasteiger partial charge on any atom is -0.503 e. The van der Waals surface area contributed by atoms with Crippen LogP contribution in [0, 0.1) is 0 Å². The molecule has 5 heteroatoms. The summed E-state index contributed by atoms with van der Waals surface area (Å²) in [5.74, 6) is 0.702. The molecular formula is C15H23BrClNO2. The summed E-state index contributed by atoms with van der Waals surface area (Å²) in [5, 5.41) is 9.82. The van der Waals surface area contributed by atoms with Gasteiger partial charge in [0.15, 0.2) is 11.5 Å². The summed E-state index contributed by atoms with van der Waals surface area (Å²) in [6.45, 7) is 0.889. The fourth-order valence-corrected chi connectivity index (χ4v) is 3.30. The summed E-state index contributed by atoms with van der Waals surface area (Å²) in [5.41, 5.74) is 1.16. The van der Waals surface area contributed by atoms with Gasteiger partial charge in [-0.05, 0) is 53.5 Å². The number of rotatable bonds is 4. The number of phenolic OH excluding ortho intramolecular Hbond substituents is 1. The van der Waals surface area contributed by atoms with Crippen LogP contribution < -0.4 is 4.74 Å². The molecule has 1 aromatic carbocycles. The Bertz CT molecular complexity index is 436. The van der Waals surface area contributed by atoms with Crippen molar-refractivity contribution in [2.24, 2.45) is 0 Å². The molecule has 0 atom stereocenters. The highest BCUT2D eigenvalue weighted by Gasteiger charge is 2.18. The molecule has 1 aliphatic carbocycles. The Morgan fingerprint density at radius 3 is 2.55 bits per heavy atom. The van der Waals surface area contributed by atoms with Crippen LogP contribution in [0.3, 0.4) is 0 Å². The molecule has 0 aromatic heterocycles. The summed E-state index contributed by atoms with van der Waals surface area (Å²) in [7, 11) is 3.76. The average Bonchev–Trinajstić information content (AvgIpc) is 2.43. The van der Waals surface area contributed by atoms with E-state index in [1.165, 1.54) is 32.1 Å². The minimum atomic E-state index is 0. The third-order valence-electron chi connectivity index (χ3n) is 3.94. The van der Waals surface area contributed by atoms with E-state index in [1.807, 2.05) is 12.1 Å². The zero-order valence-corrected chi connectivity index (χ0v) is 14.5.